The van der Waals surface area contributed by atoms with Gasteiger partial charge in [-0.15, -0.1) is 0 Å². The molecule has 0 aliphatic rings. The average Bonchev–Trinajstić information content (AvgIpc) is 2.71. The first-order valence-electron chi connectivity index (χ1n) is 9.05. The van der Waals surface area contributed by atoms with Gasteiger partial charge >= 0.3 is 0 Å². The molecule has 0 heterocycles. The molecule has 156 valence electrons. The molecule has 0 radical (unpaired) electrons. The molecule has 0 aliphatic carbocycles. The summed E-state index contributed by atoms with van der Waals surface area (Å²) in [7, 11) is -2.10. The van der Waals surface area contributed by atoms with Gasteiger partial charge < -0.3 is 15.4 Å². The van der Waals surface area contributed by atoms with E-state index in [2.05, 4.69) is 15.4 Å². The SMILES string of the molecule is CCNS(=O)(=O)c1ccc(C)c(C(=O)NCC(=O)NCc2ccc(OC)cc2)c1. The number of aryl methyl sites for hydroxylation is 1. The Balaban J connectivity index is 1.95. The van der Waals surface area contributed by atoms with Crippen LogP contribution in [0.2, 0.25) is 0 Å². The first-order chi connectivity index (χ1) is 13.8. The molecule has 0 saturated carbocycles. The predicted octanol–water partition coefficient (Wildman–Crippen LogP) is 1.35. The van der Waals surface area contributed by atoms with Crippen LogP contribution in [0.5, 0.6) is 5.75 Å². The third kappa shape index (κ3) is 6.30. The summed E-state index contributed by atoms with van der Waals surface area (Å²) in [6, 6.07) is 11.5. The van der Waals surface area contributed by atoms with E-state index in [0.717, 1.165) is 11.3 Å². The van der Waals surface area contributed by atoms with Crippen LogP contribution in [0.3, 0.4) is 0 Å². The Morgan fingerprint density at radius 3 is 2.34 bits per heavy atom. The molecule has 0 aromatic heterocycles. The molecular weight excluding hydrogens is 394 g/mol. The normalized spacial score (nSPS) is 11.0. The summed E-state index contributed by atoms with van der Waals surface area (Å²) in [5.74, 6) is -0.153. The van der Waals surface area contributed by atoms with Crippen LogP contribution < -0.4 is 20.1 Å². The van der Waals surface area contributed by atoms with E-state index in [1.807, 2.05) is 12.1 Å². The molecule has 29 heavy (non-hydrogen) atoms. The van der Waals surface area contributed by atoms with Crippen molar-refractivity contribution in [1.82, 2.24) is 15.4 Å². The quantitative estimate of drug-likeness (QED) is 0.568. The number of amides is 2. The molecule has 8 nitrogen and oxygen atoms in total. The average molecular weight is 420 g/mol. The molecule has 0 unspecified atom stereocenters. The first-order valence-corrected chi connectivity index (χ1v) is 10.5. The second-order valence-electron chi connectivity index (χ2n) is 6.29. The van der Waals surface area contributed by atoms with Gasteiger partial charge in [-0.1, -0.05) is 25.1 Å². The molecule has 0 spiro atoms. The molecule has 9 heteroatoms. The Kier molecular flexibility index (Phi) is 7.74. The lowest BCUT2D eigenvalue weighted by molar-refractivity contribution is -0.120. The first kappa shape index (κ1) is 22.4. The number of ether oxygens (including phenoxy) is 1. The molecular formula is C20H25N3O5S. The molecule has 0 saturated heterocycles. The van der Waals surface area contributed by atoms with Crippen molar-refractivity contribution in [2.45, 2.75) is 25.3 Å². The smallest absolute Gasteiger partial charge is 0.252 e. The fourth-order valence-electron chi connectivity index (χ4n) is 2.55. The largest absolute Gasteiger partial charge is 0.497 e. The van der Waals surface area contributed by atoms with Crippen LogP contribution in [0.4, 0.5) is 0 Å². The zero-order valence-electron chi connectivity index (χ0n) is 16.6. The molecule has 3 N–H and O–H groups in total. The van der Waals surface area contributed by atoms with Gasteiger partial charge in [0, 0.05) is 18.7 Å². The van der Waals surface area contributed by atoms with Crippen molar-refractivity contribution in [2.75, 3.05) is 20.2 Å². The minimum absolute atomic E-state index is 0.000873. The Bertz CT molecular complexity index is 972. The summed E-state index contributed by atoms with van der Waals surface area (Å²) in [5.41, 5.74) is 1.70. The van der Waals surface area contributed by atoms with Crippen LogP contribution >= 0.6 is 0 Å². The lowest BCUT2D eigenvalue weighted by Gasteiger charge is -2.11. The van der Waals surface area contributed by atoms with E-state index in [-0.39, 0.29) is 29.5 Å². The predicted molar refractivity (Wildman–Crippen MR) is 109 cm³/mol. The van der Waals surface area contributed by atoms with Gasteiger partial charge in [0.15, 0.2) is 0 Å². The van der Waals surface area contributed by atoms with Crippen LogP contribution in [0.15, 0.2) is 47.4 Å². The van der Waals surface area contributed by atoms with Gasteiger partial charge in [0.1, 0.15) is 5.75 Å². The number of carbonyl (C=O) groups is 2. The summed E-state index contributed by atoms with van der Waals surface area (Å²) in [5, 5.41) is 5.23. The second-order valence-corrected chi connectivity index (χ2v) is 8.05. The Hall–Kier alpha value is -2.91. The van der Waals surface area contributed by atoms with Crippen molar-refractivity contribution in [2.24, 2.45) is 0 Å². The minimum atomic E-state index is -3.68. The van der Waals surface area contributed by atoms with E-state index in [9.17, 15) is 18.0 Å². The third-order valence-electron chi connectivity index (χ3n) is 4.16. The molecule has 2 aromatic carbocycles. The van der Waals surface area contributed by atoms with Crippen molar-refractivity contribution in [3.8, 4) is 5.75 Å². The van der Waals surface area contributed by atoms with E-state index in [0.29, 0.717) is 12.1 Å². The van der Waals surface area contributed by atoms with Crippen molar-refractivity contribution in [3.63, 3.8) is 0 Å². The van der Waals surface area contributed by atoms with Gasteiger partial charge in [0.25, 0.3) is 5.91 Å². The summed E-state index contributed by atoms with van der Waals surface area (Å²) in [6.07, 6.45) is 0. The molecule has 2 rings (SSSR count). The van der Waals surface area contributed by atoms with Crippen LogP contribution in [-0.4, -0.2) is 40.4 Å². The van der Waals surface area contributed by atoms with Crippen molar-refractivity contribution >= 4 is 21.8 Å². The van der Waals surface area contributed by atoms with E-state index in [1.165, 1.54) is 12.1 Å². The molecule has 2 aromatic rings. The van der Waals surface area contributed by atoms with Crippen LogP contribution in [0.1, 0.15) is 28.4 Å². The summed E-state index contributed by atoms with van der Waals surface area (Å²) < 4.78 is 31.7. The standard InChI is InChI=1S/C20H25N3O5S/c1-4-23-29(26,27)17-10-5-14(2)18(11-17)20(25)22-13-19(24)21-12-15-6-8-16(28-3)9-7-15/h5-11,23H,4,12-13H2,1-3H3,(H,21,24)(H,22,25). The highest BCUT2D eigenvalue weighted by atomic mass is 32.2. The fourth-order valence-corrected chi connectivity index (χ4v) is 3.62. The molecule has 0 aliphatic heterocycles. The van der Waals surface area contributed by atoms with Crippen LogP contribution in [-0.2, 0) is 21.4 Å². The summed E-state index contributed by atoms with van der Waals surface area (Å²) in [4.78, 5) is 24.4. The molecule has 0 bridgehead atoms. The van der Waals surface area contributed by atoms with Crippen molar-refractivity contribution in [3.05, 3.63) is 59.2 Å². The van der Waals surface area contributed by atoms with Crippen molar-refractivity contribution < 1.29 is 22.7 Å². The fraction of sp³-hybridized carbons (Fsp3) is 0.300. The summed E-state index contributed by atoms with van der Waals surface area (Å²) >= 11 is 0. The van der Waals surface area contributed by atoms with Crippen LogP contribution in [0, 0.1) is 6.92 Å². The number of benzene rings is 2. The number of rotatable bonds is 9. The topological polar surface area (TPSA) is 114 Å². The number of carbonyl (C=O) groups excluding carboxylic acids is 2. The Morgan fingerprint density at radius 1 is 1.03 bits per heavy atom. The monoisotopic (exact) mass is 419 g/mol. The number of hydrogen-bond donors (Lipinski definition) is 3. The Labute approximate surface area is 170 Å². The molecule has 2 amide bonds. The van der Waals surface area contributed by atoms with E-state index in [4.69, 9.17) is 4.74 Å². The van der Waals surface area contributed by atoms with Crippen molar-refractivity contribution in [1.29, 1.82) is 0 Å². The lowest BCUT2D eigenvalue weighted by atomic mass is 10.1. The van der Waals surface area contributed by atoms with Gasteiger partial charge in [-0.3, -0.25) is 9.59 Å². The number of nitrogens with one attached hydrogen (secondary N) is 3. The van der Waals surface area contributed by atoms with Gasteiger partial charge in [-0.2, -0.15) is 0 Å². The Morgan fingerprint density at radius 2 is 1.72 bits per heavy atom. The maximum atomic E-state index is 12.4. The van der Waals surface area contributed by atoms with E-state index >= 15 is 0 Å². The second kappa shape index (κ2) is 10.0. The maximum Gasteiger partial charge on any atom is 0.252 e. The summed E-state index contributed by atoms with van der Waals surface area (Å²) in [6.45, 7) is 3.70. The van der Waals surface area contributed by atoms with Gasteiger partial charge in [0.05, 0.1) is 18.6 Å². The van der Waals surface area contributed by atoms with Gasteiger partial charge in [-0.25, -0.2) is 13.1 Å². The third-order valence-corrected chi connectivity index (χ3v) is 5.70. The van der Waals surface area contributed by atoms with E-state index < -0.39 is 15.9 Å². The highest BCUT2D eigenvalue weighted by Gasteiger charge is 2.17. The number of methoxy groups -OCH3 is 1. The highest BCUT2D eigenvalue weighted by Crippen LogP contribution is 2.15. The van der Waals surface area contributed by atoms with Crippen LogP contribution in [0.25, 0.3) is 0 Å². The van der Waals surface area contributed by atoms with Gasteiger partial charge in [0.2, 0.25) is 15.9 Å². The zero-order chi connectivity index (χ0) is 21.4. The highest BCUT2D eigenvalue weighted by molar-refractivity contribution is 7.89. The minimum Gasteiger partial charge on any atom is -0.497 e. The number of sulfonamides is 1. The number of hydrogen-bond acceptors (Lipinski definition) is 5. The zero-order valence-corrected chi connectivity index (χ0v) is 17.4. The maximum absolute atomic E-state index is 12.4. The lowest BCUT2D eigenvalue weighted by Crippen LogP contribution is -2.37. The van der Waals surface area contributed by atoms with Gasteiger partial charge in [-0.05, 0) is 42.3 Å². The van der Waals surface area contributed by atoms with E-state index in [1.54, 1.807) is 39.2 Å². The molecule has 0 atom stereocenters. The molecule has 0 fully saturated rings.